The maximum Gasteiger partial charge on any atom is 0.274 e. The lowest BCUT2D eigenvalue weighted by molar-refractivity contribution is -0.385. The van der Waals surface area contributed by atoms with Gasteiger partial charge in [-0.15, -0.1) is 10.2 Å². The van der Waals surface area contributed by atoms with Crippen LogP contribution in [0, 0.1) is 10.1 Å². The van der Waals surface area contributed by atoms with Gasteiger partial charge in [0, 0.05) is 11.8 Å². The molecule has 0 radical (unpaired) electrons. The largest absolute Gasteiger partial charge is 0.486 e. The number of nitrogens with zero attached hydrogens (tertiary/aromatic N) is 4. The Morgan fingerprint density at radius 2 is 1.69 bits per heavy atom. The molecule has 162 valence electrons. The fourth-order valence-electron chi connectivity index (χ4n) is 3.12. The van der Waals surface area contributed by atoms with Crippen molar-refractivity contribution in [3.63, 3.8) is 0 Å². The Morgan fingerprint density at radius 1 is 0.969 bits per heavy atom. The molecule has 1 aromatic heterocycles. The summed E-state index contributed by atoms with van der Waals surface area (Å²) in [7, 11) is 0. The number of thioether (sulfide) groups is 1. The van der Waals surface area contributed by atoms with E-state index in [1.54, 1.807) is 12.1 Å². The maximum atomic E-state index is 11.4. The number of halogens is 1. The number of hydrogen-bond donors (Lipinski definition) is 0. The van der Waals surface area contributed by atoms with Crippen LogP contribution in [0.4, 0.5) is 5.69 Å². The summed E-state index contributed by atoms with van der Waals surface area (Å²) < 4.78 is 7.84. The molecule has 0 saturated heterocycles. The normalized spacial score (nSPS) is 10.8. The Bertz CT molecular complexity index is 1200. The van der Waals surface area contributed by atoms with E-state index in [2.05, 4.69) is 10.2 Å². The van der Waals surface area contributed by atoms with Crippen molar-refractivity contribution in [3.8, 4) is 5.75 Å². The van der Waals surface area contributed by atoms with Crippen molar-refractivity contribution >= 4 is 29.1 Å². The molecule has 0 bridgehead atoms. The summed E-state index contributed by atoms with van der Waals surface area (Å²) in [6, 6.07) is 24.1. The van der Waals surface area contributed by atoms with E-state index in [4.69, 9.17) is 16.3 Å². The summed E-state index contributed by atoms with van der Waals surface area (Å²) in [6.45, 7) is 0.797. The van der Waals surface area contributed by atoms with Gasteiger partial charge in [-0.1, -0.05) is 78.0 Å². The van der Waals surface area contributed by atoms with Gasteiger partial charge in [0.25, 0.3) is 5.69 Å². The smallest absolute Gasteiger partial charge is 0.274 e. The van der Waals surface area contributed by atoms with E-state index < -0.39 is 4.92 Å². The Hall–Kier alpha value is -3.36. The molecule has 4 aromatic rings. The highest BCUT2D eigenvalue weighted by Crippen LogP contribution is 2.32. The summed E-state index contributed by atoms with van der Waals surface area (Å²) in [4.78, 5) is 11.0. The molecule has 0 aliphatic carbocycles. The molecule has 0 fully saturated rings. The number of nitro benzene ring substituents is 1. The zero-order chi connectivity index (χ0) is 22.3. The van der Waals surface area contributed by atoms with E-state index in [0.29, 0.717) is 33.9 Å². The first-order valence-electron chi connectivity index (χ1n) is 9.80. The van der Waals surface area contributed by atoms with Crippen molar-refractivity contribution in [1.29, 1.82) is 0 Å². The van der Waals surface area contributed by atoms with Crippen LogP contribution in [0.1, 0.15) is 17.0 Å². The van der Waals surface area contributed by atoms with Gasteiger partial charge >= 0.3 is 0 Å². The summed E-state index contributed by atoms with van der Waals surface area (Å²) in [5.41, 5.74) is 1.53. The van der Waals surface area contributed by atoms with E-state index in [-0.39, 0.29) is 12.3 Å². The van der Waals surface area contributed by atoms with E-state index in [0.717, 1.165) is 11.3 Å². The summed E-state index contributed by atoms with van der Waals surface area (Å²) in [5, 5.41) is 21.0. The molecule has 1 heterocycles. The summed E-state index contributed by atoms with van der Waals surface area (Å²) in [5.74, 6) is 1.69. The highest BCUT2D eigenvalue weighted by atomic mass is 35.5. The Balaban J connectivity index is 1.59. The lowest BCUT2D eigenvalue weighted by Crippen LogP contribution is -2.09. The van der Waals surface area contributed by atoms with Gasteiger partial charge in [0.15, 0.2) is 11.0 Å². The van der Waals surface area contributed by atoms with Crippen molar-refractivity contribution in [1.82, 2.24) is 14.8 Å². The van der Waals surface area contributed by atoms with Crippen LogP contribution in [-0.4, -0.2) is 19.7 Å². The lowest BCUT2D eigenvalue weighted by Gasteiger charge is -2.12. The number of ether oxygens (including phenoxy) is 1. The fourth-order valence-corrected chi connectivity index (χ4v) is 4.44. The van der Waals surface area contributed by atoms with Crippen LogP contribution in [0.5, 0.6) is 5.75 Å². The maximum absolute atomic E-state index is 11.4. The number of hydrogen-bond acceptors (Lipinski definition) is 6. The number of rotatable bonds is 9. The lowest BCUT2D eigenvalue weighted by atomic mass is 10.2. The van der Waals surface area contributed by atoms with Crippen molar-refractivity contribution < 1.29 is 9.66 Å². The van der Waals surface area contributed by atoms with Gasteiger partial charge in [-0.25, -0.2) is 0 Å². The van der Waals surface area contributed by atoms with Crippen LogP contribution in [0.3, 0.4) is 0 Å². The highest BCUT2D eigenvalue weighted by molar-refractivity contribution is 7.98. The first-order chi connectivity index (χ1) is 15.6. The molecule has 0 N–H and O–H groups in total. The molecule has 0 spiro atoms. The van der Waals surface area contributed by atoms with Crippen LogP contribution in [-0.2, 0) is 18.9 Å². The minimum Gasteiger partial charge on any atom is -0.486 e. The molecule has 0 atom stereocenters. The van der Waals surface area contributed by atoms with Crippen molar-refractivity contribution in [2.75, 3.05) is 0 Å². The molecule has 3 aromatic carbocycles. The van der Waals surface area contributed by atoms with Crippen LogP contribution in [0.2, 0.25) is 5.02 Å². The third-order valence-corrected chi connectivity index (χ3v) is 6.07. The first kappa shape index (κ1) is 21.9. The average molecular weight is 467 g/mol. The SMILES string of the molecule is O=[N+]([O-])c1cccc(Cl)c1CSc1nnc(COc2ccccc2)n1Cc1ccccc1. The molecule has 7 nitrogen and oxygen atoms in total. The molecule has 4 rings (SSSR count). The van der Waals surface area contributed by atoms with E-state index in [9.17, 15) is 10.1 Å². The predicted octanol–water partition coefficient (Wildman–Crippen LogP) is 5.76. The van der Waals surface area contributed by atoms with Gasteiger partial charge in [-0.05, 0) is 23.8 Å². The number of benzene rings is 3. The van der Waals surface area contributed by atoms with Crippen LogP contribution in [0.15, 0.2) is 84.0 Å². The molecule has 0 aliphatic heterocycles. The zero-order valence-corrected chi connectivity index (χ0v) is 18.5. The first-order valence-corrected chi connectivity index (χ1v) is 11.2. The van der Waals surface area contributed by atoms with Crippen LogP contribution in [0.25, 0.3) is 0 Å². The Kier molecular flexibility index (Phi) is 7.03. The van der Waals surface area contributed by atoms with Crippen molar-refractivity contribution in [3.05, 3.63) is 111 Å². The fraction of sp³-hybridized carbons (Fsp3) is 0.130. The summed E-state index contributed by atoms with van der Waals surface area (Å²) in [6.07, 6.45) is 0. The van der Waals surface area contributed by atoms with Crippen molar-refractivity contribution in [2.24, 2.45) is 0 Å². The Labute approximate surface area is 194 Å². The van der Waals surface area contributed by atoms with Gasteiger partial charge < -0.3 is 4.74 Å². The quantitative estimate of drug-likeness (QED) is 0.177. The molecule has 32 heavy (non-hydrogen) atoms. The molecular formula is C23H19ClN4O3S. The predicted molar refractivity (Wildman–Crippen MR) is 124 cm³/mol. The third-order valence-electron chi connectivity index (χ3n) is 4.72. The second-order valence-corrected chi connectivity index (χ2v) is 8.21. The molecule has 9 heteroatoms. The van der Waals surface area contributed by atoms with E-state index in [1.165, 1.54) is 17.8 Å². The van der Waals surface area contributed by atoms with E-state index >= 15 is 0 Å². The second-order valence-electron chi connectivity index (χ2n) is 6.86. The van der Waals surface area contributed by atoms with E-state index in [1.807, 2.05) is 65.2 Å². The number of nitro groups is 1. The van der Waals surface area contributed by atoms with Crippen molar-refractivity contribution in [2.45, 2.75) is 24.1 Å². The van der Waals surface area contributed by atoms with Gasteiger partial charge in [0.1, 0.15) is 12.4 Å². The average Bonchev–Trinajstić information content (AvgIpc) is 3.19. The third kappa shape index (κ3) is 5.27. The second kappa shape index (κ2) is 10.3. The highest BCUT2D eigenvalue weighted by Gasteiger charge is 2.20. The molecule has 0 saturated carbocycles. The van der Waals surface area contributed by atoms with Gasteiger partial charge in [0.05, 0.1) is 22.1 Å². The summed E-state index contributed by atoms with van der Waals surface area (Å²) >= 11 is 7.60. The minimum atomic E-state index is -0.421. The number of para-hydroxylation sites is 1. The molecule has 0 unspecified atom stereocenters. The standard InChI is InChI=1S/C23H19ClN4O3S/c24-20-12-7-13-21(28(29)30)19(20)16-32-23-26-25-22(15-31-18-10-5-2-6-11-18)27(23)14-17-8-3-1-4-9-17/h1-13H,14-16H2. The molecule has 0 aliphatic rings. The molecule has 0 amide bonds. The molecular weight excluding hydrogens is 448 g/mol. The van der Waals surface area contributed by atoms with Gasteiger partial charge in [-0.2, -0.15) is 0 Å². The zero-order valence-electron chi connectivity index (χ0n) is 16.9. The topological polar surface area (TPSA) is 83.1 Å². The number of aromatic nitrogens is 3. The van der Waals surface area contributed by atoms with Gasteiger partial charge in [0.2, 0.25) is 0 Å². The van der Waals surface area contributed by atoms with Crippen LogP contribution < -0.4 is 4.74 Å². The Morgan fingerprint density at radius 3 is 2.41 bits per heavy atom. The minimum absolute atomic E-state index is 0.00763. The van der Waals surface area contributed by atoms with Gasteiger partial charge in [-0.3, -0.25) is 14.7 Å². The van der Waals surface area contributed by atoms with Crippen LogP contribution >= 0.6 is 23.4 Å². The monoisotopic (exact) mass is 466 g/mol.